The van der Waals surface area contributed by atoms with E-state index < -0.39 is 11.9 Å². The van der Waals surface area contributed by atoms with Crippen LogP contribution >= 0.6 is 0 Å². The molecule has 5 heteroatoms. The minimum atomic E-state index is -1.07. The number of Topliss-reactive ketones (excluding diaryl/α,β-unsaturated/α-hetero) is 1. The second kappa shape index (κ2) is 8.78. The van der Waals surface area contributed by atoms with Crippen molar-refractivity contribution >= 4 is 11.7 Å². The number of hydrogen-bond donors (Lipinski definition) is 2. The van der Waals surface area contributed by atoms with Crippen molar-refractivity contribution in [1.29, 1.82) is 0 Å². The largest absolute Gasteiger partial charge is 0.486 e. The van der Waals surface area contributed by atoms with Crippen LogP contribution in [0.1, 0.15) is 56.3 Å². The molecular weight excluding hydrogens is 364 g/mol. The Morgan fingerprint density at radius 3 is 2.48 bits per heavy atom. The summed E-state index contributed by atoms with van der Waals surface area (Å²) in [4.78, 5) is 24.7. The van der Waals surface area contributed by atoms with Crippen molar-refractivity contribution < 1.29 is 14.3 Å². The van der Waals surface area contributed by atoms with Crippen LogP contribution < -0.4 is 15.8 Å². The Hall–Kier alpha value is -2.66. The fraction of sp³-hybridized carbons (Fsp3) is 0.417. The normalized spacial score (nSPS) is 17.3. The predicted molar refractivity (Wildman–Crippen MR) is 114 cm³/mol. The zero-order valence-corrected chi connectivity index (χ0v) is 17.4. The Morgan fingerprint density at radius 2 is 1.83 bits per heavy atom. The third-order valence-electron chi connectivity index (χ3n) is 5.45. The molecule has 0 bridgehead atoms. The number of hydrogen-bond acceptors (Lipinski definition) is 4. The topological polar surface area (TPSA) is 81.4 Å². The van der Waals surface area contributed by atoms with Crippen LogP contribution in [-0.2, 0) is 21.4 Å². The van der Waals surface area contributed by atoms with Crippen molar-refractivity contribution in [3.8, 4) is 5.75 Å². The number of nitrogens with one attached hydrogen (secondary N) is 1. The van der Waals surface area contributed by atoms with Gasteiger partial charge in [-0.2, -0.15) is 0 Å². The number of benzene rings is 2. The lowest BCUT2D eigenvalue weighted by Crippen LogP contribution is -2.50. The quantitative estimate of drug-likeness (QED) is 0.705. The number of carbonyl (C=O) groups is 2. The van der Waals surface area contributed by atoms with Gasteiger partial charge in [0.1, 0.15) is 18.4 Å². The van der Waals surface area contributed by atoms with E-state index in [4.69, 9.17) is 10.5 Å². The Bertz CT molecular complexity index is 868. The highest BCUT2D eigenvalue weighted by molar-refractivity contribution is 6.05. The molecule has 1 aliphatic carbocycles. The van der Waals surface area contributed by atoms with Crippen LogP contribution in [-0.4, -0.2) is 24.3 Å². The van der Waals surface area contributed by atoms with Gasteiger partial charge in [-0.3, -0.25) is 14.9 Å². The van der Waals surface area contributed by atoms with Crippen molar-refractivity contribution in [1.82, 2.24) is 5.32 Å². The number of amides is 1. The van der Waals surface area contributed by atoms with Gasteiger partial charge in [-0.1, -0.05) is 57.2 Å². The van der Waals surface area contributed by atoms with Crippen LogP contribution in [0.5, 0.6) is 5.75 Å². The minimum absolute atomic E-state index is 0.0472. The maximum absolute atomic E-state index is 12.7. The molecule has 0 saturated carbocycles. The second-order valence-corrected chi connectivity index (χ2v) is 8.68. The highest BCUT2D eigenvalue weighted by Gasteiger charge is 2.30. The summed E-state index contributed by atoms with van der Waals surface area (Å²) in [7, 11) is 0. The summed E-state index contributed by atoms with van der Waals surface area (Å²) in [6, 6.07) is 14.7. The van der Waals surface area contributed by atoms with E-state index in [1.807, 2.05) is 42.5 Å². The first-order valence-corrected chi connectivity index (χ1v) is 10.1. The Kier molecular flexibility index (Phi) is 6.38. The van der Waals surface area contributed by atoms with Crippen molar-refractivity contribution in [2.75, 3.05) is 6.61 Å². The van der Waals surface area contributed by atoms with Crippen LogP contribution in [0.25, 0.3) is 0 Å². The number of carbonyl (C=O) groups excluding carboxylic acids is 2. The highest BCUT2D eigenvalue weighted by atomic mass is 16.5. The molecule has 2 aromatic rings. The Morgan fingerprint density at radius 1 is 1.14 bits per heavy atom. The van der Waals surface area contributed by atoms with Crippen LogP contribution in [0, 0.1) is 0 Å². The summed E-state index contributed by atoms with van der Waals surface area (Å²) in [5.74, 6) is -0.442. The van der Waals surface area contributed by atoms with E-state index in [2.05, 4.69) is 32.2 Å². The average molecular weight is 395 g/mol. The molecule has 5 nitrogen and oxygen atoms in total. The lowest BCUT2D eigenvalue weighted by atomic mass is 9.87. The molecule has 0 heterocycles. The van der Waals surface area contributed by atoms with E-state index in [1.54, 1.807) is 0 Å². The first-order valence-electron chi connectivity index (χ1n) is 10.1. The molecule has 3 N–H and O–H groups in total. The summed E-state index contributed by atoms with van der Waals surface area (Å²) >= 11 is 0. The smallest absolute Gasteiger partial charge is 0.242 e. The van der Waals surface area contributed by atoms with E-state index in [-0.39, 0.29) is 23.8 Å². The third-order valence-corrected chi connectivity index (χ3v) is 5.45. The van der Waals surface area contributed by atoms with Crippen molar-refractivity contribution in [2.24, 2.45) is 5.73 Å². The van der Waals surface area contributed by atoms with Crippen molar-refractivity contribution in [3.63, 3.8) is 0 Å². The van der Waals surface area contributed by atoms with Crippen molar-refractivity contribution in [3.05, 3.63) is 65.2 Å². The fourth-order valence-corrected chi connectivity index (χ4v) is 3.75. The first kappa shape index (κ1) is 21.1. The minimum Gasteiger partial charge on any atom is -0.486 e. The van der Waals surface area contributed by atoms with Gasteiger partial charge in [-0.05, 0) is 53.5 Å². The zero-order chi connectivity index (χ0) is 21.0. The fourth-order valence-electron chi connectivity index (χ4n) is 3.75. The number of aryl methyl sites for hydroxylation is 1. The van der Waals surface area contributed by atoms with Gasteiger partial charge in [0.25, 0.3) is 0 Å². The molecule has 0 saturated heterocycles. The molecule has 0 aliphatic heterocycles. The Labute approximate surface area is 172 Å². The molecule has 29 heavy (non-hydrogen) atoms. The molecule has 0 aromatic heterocycles. The molecule has 0 fully saturated rings. The second-order valence-electron chi connectivity index (χ2n) is 8.68. The summed E-state index contributed by atoms with van der Waals surface area (Å²) in [6.07, 6.45) is 2.88. The molecule has 0 radical (unpaired) electrons. The molecule has 2 aromatic carbocycles. The summed E-state index contributed by atoms with van der Waals surface area (Å²) < 4.78 is 5.63. The lowest BCUT2D eigenvalue weighted by Gasteiger charge is -2.29. The van der Waals surface area contributed by atoms with Gasteiger partial charge in [-0.25, -0.2) is 0 Å². The molecule has 0 spiro atoms. The lowest BCUT2D eigenvalue weighted by molar-refractivity contribution is -0.131. The number of rotatable bonds is 7. The molecule has 3 rings (SSSR count). The number of nitrogens with two attached hydrogens (primary N) is 1. The zero-order valence-electron chi connectivity index (χ0n) is 17.4. The molecule has 154 valence electrons. The van der Waals surface area contributed by atoms with Crippen LogP contribution in [0.4, 0.5) is 0 Å². The maximum atomic E-state index is 12.7. The van der Waals surface area contributed by atoms with Crippen LogP contribution in [0.15, 0.2) is 48.5 Å². The van der Waals surface area contributed by atoms with E-state index in [1.165, 1.54) is 11.1 Å². The van der Waals surface area contributed by atoms with E-state index in [9.17, 15) is 9.59 Å². The van der Waals surface area contributed by atoms with Crippen molar-refractivity contribution in [2.45, 2.75) is 57.5 Å². The molecule has 2 atom stereocenters. The first-order chi connectivity index (χ1) is 13.8. The van der Waals surface area contributed by atoms with Gasteiger partial charge >= 0.3 is 0 Å². The summed E-state index contributed by atoms with van der Waals surface area (Å²) in [5.41, 5.74) is 9.15. The predicted octanol–water partition coefficient (Wildman–Crippen LogP) is 3.45. The monoisotopic (exact) mass is 394 g/mol. The molecule has 2 unspecified atom stereocenters. The standard InChI is InChI=1S/C24H30N2O3/c1-24(2,3)17-11-13-18(14-12-17)29-15-21(27)22(23(25)28)26-20-10-6-8-16-7-4-5-9-19(16)20/h4-5,7,9,11-14,20,22,26H,6,8,10,15H2,1-3H3,(H2,25,28). The van der Waals surface area contributed by atoms with Gasteiger partial charge in [0, 0.05) is 6.04 Å². The molecular formula is C24H30N2O3. The van der Waals surface area contributed by atoms with Gasteiger partial charge in [0.15, 0.2) is 5.78 Å². The average Bonchev–Trinajstić information content (AvgIpc) is 2.69. The highest BCUT2D eigenvalue weighted by Crippen LogP contribution is 2.30. The van der Waals surface area contributed by atoms with Gasteiger partial charge < -0.3 is 10.5 Å². The van der Waals surface area contributed by atoms with Gasteiger partial charge in [0.2, 0.25) is 5.91 Å². The third kappa shape index (κ3) is 5.24. The summed E-state index contributed by atoms with van der Waals surface area (Å²) in [5, 5.41) is 3.17. The van der Waals surface area contributed by atoms with Gasteiger partial charge in [-0.15, -0.1) is 0 Å². The number of ether oxygens (including phenoxy) is 1. The number of primary amides is 1. The number of ketones is 1. The Balaban J connectivity index is 1.64. The SMILES string of the molecule is CC(C)(C)c1ccc(OCC(=O)C(NC2CCCc3ccccc32)C(N)=O)cc1. The van der Waals surface area contributed by atoms with Gasteiger partial charge in [0.05, 0.1) is 0 Å². The number of fused-ring (bicyclic) bond motifs is 1. The van der Waals surface area contributed by atoms with E-state index in [0.717, 1.165) is 24.8 Å². The molecule has 1 amide bonds. The van der Waals surface area contributed by atoms with Crippen LogP contribution in [0.2, 0.25) is 0 Å². The maximum Gasteiger partial charge on any atom is 0.242 e. The van der Waals surface area contributed by atoms with E-state index >= 15 is 0 Å². The van der Waals surface area contributed by atoms with E-state index in [0.29, 0.717) is 5.75 Å². The summed E-state index contributed by atoms with van der Waals surface area (Å²) in [6.45, 7) is 6.21. The molecule has 1 aliphatic rings. The van der Waals surface area contributed by atoms with Crippen LogP contribution in [0.3, 0.4) is 0 Å².